The zero-order chi connectivity index (χ0) is 14.1. The predicted octanol–water partition coefficient (Wildman–Crippen LogP) is 1.65. The molecule has 0 bridgehead atoms. The largest absolute Gasteiger partial charge is 0.372 e. The van der Waals surface area contributed by atoms with E-state index in [1.54, 1.807) is 0 Å². The molecule has 2 heterocycles. The zero-order valence-electron chi connectivity index (χ0n) is 11.8. The Bertz CT molecular complexity index is 745. The summed E-state index contributed by atoms with van der Waals surface area (Å²) in [7, 11) is 1.96. The van der Waals surface area contributed by atoms with Crippen LogP contribution in [-0.4, -0.2) is 27.8 Å². The Labute approximate surface area is 127 Å². The lowest BCUT2D eigenvalue weighted by molar-refractivity contribution is 0.457. The highest BCUT2D eigenvalue weighted by molar-refractivity contribution is 9.10. The number of halogens is 1. The molecule has 104 valence electrons. The van der Waals surface area contributed by atoms with E-state index in [1.165, 1.54) is 26.0 Å². The smallest absolute Gasteiger partial charge is 0.0522 e. The van der Waals surface area contributed by atoms with Crippen LogP contribution >= 0.6 is 15.9 Å². The van der Waals surface area contributed by atoms with Crippen LogP contribution in [0, 0.1) is 0 Å². The van der Waals surface area contributed by atoms with Gasteiger partial charge >= 0.3 is 0 Å². The molecule has 0 saturated heterocycles. The molecule has 1 aromatic carbocycles. The first-order chi connectivity index (χ1) is 9.63. The van der Waals surface area contributed by atoms with E-state index in [1.807, 2.05) is 17.9 Å². The van der Waals surface area contributed by atoms with Gasteiger partial charge in [-0.3, -0.25) is 4.68 Å². The molecule has 0 unspecified atom stereocenters. The third-order valence-electron chi connectivity index (χ3n) is 3.71. The molecule has 3 nitrogen and oxygen atoms in total. The van der Waals surface area contributed by atoms with Crippen LogP contribution < -0.4 is 10.4 Å². The summed E-state index contributed by atoms with van der Waals surface area (Å²) in [5.41, 5.74) is 2.71. The minimum absolute atomic E-state index is 1.00. The first-order valence-corrected chi connectivity index (χ1v) is 7.60. The van der Waals surface area contributed by atoms with Gasteiger partial charge in [0.2, 0.25) is 0 Å². The minimum atomic E-state index is 1.00. The number of hydrogen-bond acceptors (Lipinski definition) is 2. The number of nitrogens with zero attached hydrogens (tertiary/aromatic N) is 3. The molecule has 0 spiro atoms. The second kappa shape index (κ2) is 5.44. The zero-order valence-corrected chi connectivity index (χ0v) is 13.4. The van der Waals surface area contributed by atoms with Crippen molar-refractivity contribution >= 4 is 27.7 Å². The van der Waals surface area contributed by atoms with Crippen molar-refractivity contribution in [3.63, 3.8) is 0 Å². The summed E-state index contributed by atoms with van der Waals surface area (Å²) in [6.45, 7) is 4.24. The van der Waals surface area contributed by atoms with Crippen LogP contribution in [0.5, 0.6) is 0 Å². The Morgan fingerprint density at radius 3 is 2.95 bits per heavy atom. The van der Waals surface area contributed by atoms with E-state index < -0.39 is 0 Å². The first-order valence-electron chi connectivity index (χ1n) is 6.81. The van der Waals surface area contributed by atoms with Crippen LogP contribution in [-0.2, 0) is 13.5 Å². The van der Waals surface area contributed by atoms with Crippen molar-refractivity contribution in [1.29, 1.82) is 0 Å². The molecular weight excluding hydrogens is 314 g/mol. The molecule has 0 aliphatic carbocycles. The van der Waals surface area contributed by atoms with Gasteiger partial charge in [-0.05, 0) is 35.8 Å². The minimum Gasteiger partial charge on any atom is -0.372 e. The Morgan fingerprint density at radius 2 is 2.20 bits per heavy atom. The SMILES string of the molecule is CC1=c2cccc(Br)c2=CN(CCc2cnn(C)c2)C1. The second-order valence-corrected chi connectivity index (χ2v) is 6.21. The summed E-state index contributed by atoms with van der Waals surface area (Å²) < 4.78 is 3.03. The van der Waals surface area contributed by atoms with E-state index in [0.29, 0.717) is 0 Å². The maximum absolute atomic E-state index is 4.22. The number of aryl methyl sites for hydroxylation is 1. The average Bonchev–Trinajstić information content (AvgIpc) is 2.84. The van der Waals surface area contributed by atoms with Crippen molar-refractivity contribution in [1.82, 2.24) is 14.7 Å². The molecule has 0 fully saturated rings. The van der Waals surface area contributed by atoms with Crippen LogP contribution in [0.2, 0.25) is 0 Å². The average molecular weight is 332 g/mol. The van der Waals surface area contributed by atoms with Crippen molar-refractivity contribution in [2.24, 2.45) is 7.05 Å². The van der Waals surface area contributed by atoms with Crippen molar-refractivity contribution < 1.29 is 0 Å². The molecule has 0 radical (unpaired) electrons. The molecule has 1 aliphatic heterocycles. The molecule has 0 atom stereocenters. The standard InChI is InChI=1S/C16H18BrN3/c1-12-9-20(7-6-13-8-18-19(2)10-13)11-15-14(12)4-3-5-16(15)17/h3-5,8,10-11H,6-7,9H2,1-2H3. The van der Waals surface area contributed by atoms with Gasteiger partial charge in [0.15, 0.2) is 0 Å². The summed E-state index contributed by atoms with van der Waals surface area (Å²) in [5.74, 6) is 0. The van der Waals surface area contributed by atoms with Crippen LogP contribution in [0.3, 0.4) is 0 Å². The highest BCUT2D eigenvalue weighted by Gasteiger charge is 2.09. The molecule has 1 aromatic heterocycles. The lowest BCUT2D eigenvalue weighted by Gasteiger charge is -2.24. The van der Waals surface area contributed by atoms with Gasteiger partial charge in [-0.1, -0.05) is 28.1 Å². The van der Waals surface area contributed by atoms with Gasteiger partial charge in [-0.25, -0.2) is 0 Å². The third-order valence-corrected chi connectivity index (χ3v) is 4.40. The normalized spacial score (nSPS) is 14.2. The molecule has 0 saturated carbocycles. The molecular formula is C16H18BrN3. The van der Waals surface area contributed by atoms with Crippen molar-refractivity contribution in [2.75, 3.05) is 13.1 Å². The molecule has 3 rings (SSSR count). The highest BCUT2D eigenvalue weighted by Crippen LogP contribution is 2.08. The molecule has 1 aliphatic rings. The molecule has 20 heavy (non-hydrogen) atoms. The highest BCUT2D eigenvalue weighted by atomic mass is 79.9. The van der Waals surface area contributed by atoms with Crippen molar-refractivity contribution in [3.8, 4) is 0 Å². The summed E-state index contributed by atoms with van der Waals surface area (Å²) in [6, 6.07) is 6.41. The topological polar surface area (TPSA) is 21.1 Å². The number of benzene rings is 1. The Kier molecular flexibility index (Phi) is 3.66. The van der Waals surface area contributed by atoms with Crippen LogP contribution in [0.1, 0.15) is 12.5 Å². The second-order valence-electron chi connectivity index (χ2n) is 5.35. The lowest BCUT2D eigenvalue weighted by Crippen LogP contribution is -2.39. The maximum atomic E-state index is 4.22. The third kappa shape index (κ3) is 2.66. The van der Waals surface area contributed by atoms with Gasteiger partial charge in [0, 0.05) is 42.2 Å². The van der Waals surface area contributed by atoms with Crippen molar-refractivity contribution in [2.45, 2.75) is 13.3 Å². The van der Waals surface area contributed by atoms with Gasteiger partial charge in [0.1, 0.15) is 0 Å². The number of hydrogen-bond donors (Lipinski definition) is 0. The van der Waals surface area contributed by atoms with Crippen molar-refractivity contribution in [3.05, 3.63) is 51.1 Å². The van der Waals surface area contributed by atoms with Gasteiger partial charge in [-0.2, -0.15) is 5.10 Å². The number of fused-ring (bicyclic) bond motifs is 1. The van der Waals surface area contributed by atoms with E-state index >= 15 is 0 Å². The monoisotopic (exact) mass is 331 g/mol. The van der Waals surface area contributed by atoms with E-state index in [4.69, 9.17) is 0 Å². The van der Waals surface area contributed by atoms with E-state index in [9.17, 15) is 0 Å². The Hall–Kier alpha value is -1.55. The Balaban J connectivity index is 1.82. The number of rotatable bonds is 3. The maximum Gasteiger partial charge on any atom is 0.0522 e. The summed E-state index contributed by atoms with van der Waals surface area (Å²) in [5, 5.41) is 6.87. The fourth-order valence-electron chi connectivity index (χ4n) is 2.68. The Morgan fingerprint density at radius 1 is 1.35 bits per heavy atom. The molecule has 4 heteroatoms. The van der Waals surface area contributed by atoms with E-state index in [-0.39, 0.29) is 0 Å². The molecule has 2 aromatic rings. The van der Waals surface area contributed by atoms with Crippen LogP contribution in [0.4, 0.5) is 0 Å². The van der Waals surface area contributed by atoms with Gasteiger partial charge in [0.05, 0.1) is 6.20 Å². The van der Waals surface area contributed by atoms with Crippen LogP contribution in [0.15, 0.2) is 35.1 Å². The predicted molar refractivity (Wildman–Crippen MR) is 85.4 cm³/mol. The molecule has 0 N–H and O–H groups in total. The summed E-state index contributed by atoms with van der Waals surface area (Å²) in [4.78, 5) is 2.38. The van der Waals surface area contributed by atoms with Crippen LogP contribution in [0.25, 0.3) is 11.8 Å². The first kappa shape index (κ1) is 13.4. The van der Waals surface area contributed by atoms with Gasteiger partial charge < -0.3 is 4.90 Å². The van der Waals surface area contributed by atoms with Gasteiger partial charge in [-0.15, -0.1) is 0 Å². The quantitative estimate of drug-likeness (QED) is 0.852. The lowest BCUT2D eigenvalue weighted by atomic mass is 10.1. The summed E-state index contributed by atoms with van der Waals surface area (Å²) in [6.07, 6.45) is 7.33. The number of aromatic nitrogens is 2. The summed E-state index contributed by atoms with van der Waals surface area (Å²) >= 11 is 3.65. The van der Waals surface area contributed by atoms with E-state index in [0.717, 1.165) is 19.5 Å². The molecule has 0 amide bonds. The fraction of sp³-hybridized carbons (Fsp3) is 0.312. The fourth-order valence-corrected chi connectivity index (χ4v) is 3.14. The van der Waals surface area contributed by atoms with Gasteiger partial charge in [0.25, 0.3) is 0 Å². The van der Waals surface area contributed by atoms with E-state index in [2.05, 4.69) is 63.4 Å².